The molecule has 2 rings (SSSR count). The molecule has 0 spiro atoms. The van der Waals surface area contributed by atoms with Crippen molar-refractivity contribution in [2.24, 2.45) is 11.8 Å². The predicted molar refractivity (Wildman–Crippen MR) is 34.8 cm³/mol. The van der Waals surface area contributed by atoms with Crippen molar-refractivity contribution in [1.82, 2.24) is 0 Å². The molecular formula is C8H6O5-2. The molecule has 0 radical (unpaired) electrons. The van der Waals surface area contributed by atoms with Crippen molar-refractivity contribution in [1.29, 1.82) is 0 Å². The normalized spacial score (nSPS) is 40.9. The summed E-state index contributed by atoms with van der Waals surface area (Å²) in [7, 11) is 0. The van der Waals surface area contributed by atoms with Gasteiger partial charge in [0.15, 0.2) is 0 Å². The second-order valence-corrected chi connectivity index (χ2v) is 3.14. The molecular weight excluding hydrogens is 176 g/mol. The molecule has 1 saturated heterocycles. The Labute approximate surface area is 73.6 Å². The first-order chi connectivity index (χ1) is 6.11. The van der Waals surface area contributed by atoms with Crippen molar-refractivity contribution in [3.05, 3.63) is 12.2 Å². The Morgan fingerprint density at radius 2 is 1.38 bits per heavy atom. The maximum Gasteiger partial charge on any atom is 0.0852 e. The fraction of sp³-hybridized carbons (Fsp3) is 0.500. The Morgan fingerprint density at radius 1 is 1.00 bits per heavy atom. The van der Waals surface area contributed by atoms with E-state index in [4.69, 9.17) is 4.74 Å². The second kappa shape index (κ2) is 2.56. The van der Waals surface area contributed by atoms with E-state index in [0.717, 1.165) is 0 Å². The largest absolute Gasteiger partial charge is 0.550 e. The van der Waals surface area contributed by atoms with Gasteiger partial charge in [-0.3, -0.25) is 0 Å². The highest BCUT2D eigenvalue weighted by Gasteiger charge is 2.47. The molecule has 5 heteroatoms. The van der Waals surface area contributed by atoms with Crippen LogP contribution in [0.5, 0.6) is 0 Å². The number of ether oxygens (including phenoxy) is 1. The quantitative estimate of drug-likeness (QED) is 0.426. The van der Waals surface area contributed by atoms with E-state index in [0.29, 0.717) is 0 Å². The van der Waals surface area contributed by atoms with Crippen molar-refractivity contribution < 1.29 is 24.5 Å². The van der Waals surface area contributed by atoms with Crippen molar-refractivity contribution in [3.8, 4) is 0 Å². The summed E-state index contributed by atoms with van der Waals surface area (Å²) in [6.07, 6.45) is 1.76. The molecule has 1 fully saturated rings. The molecule has 0 aromatic rings. The fourth-order valence-corrected chi connectivity index (χ4v) is 1.87. The SMILES string of the molecule is O=C([O-])C1C2C=CC(O2)C1C(=O)[O-]. The second-order valence-electron chi connectivity index (χ2n) is 3.14. The van der Waals surface area contributed by atoms with Gasteiger partial charge in [-0.15, -0.1) is 0 Å². The Bertz CT molecular complexity index is 267. The Balaban J connectivity index is 2.30. The van der Waals surface area contributed by atoms with E-state index in [1.165, 1.54) is 0 Å². The van der Waals surface area contributed by atoms with Crippen molar-refractivity contribution >= 4 is 11.9 Å². The van der Waals surface area contributed by atoms with Gasteiger partial charge in [-0.1, -0.05) is 12.2 Å². The average molecular weight is 182 g/mol. The fourth-order valence-electron chi connectivity index (χ4n) is 1.87. The molecule has 0 aromatic heterocycles. The molecule has 13 heavy (non-hydrogen) atoms. The third-order valence-electron chi connectivity index (χ3n) is 2.44. The molecule has 0 saturated carbocycles. The number of carboxylic acids is 2. The highest BCUT2D eigenvalue weighted by Crippen LogP contribution is 2.38. The zero-order valence-corrected chi connectivity index (χ0v) is 6.51. The first kappa shape index (κ1) is 8.25. The zero-order valence-electron chi connectivity index (χ0n) is 6.51. The molecule has 0 aromatic carbocycles. The van der Waals surface area contributed by atoms with Crippen molar-refractivity contribution in [2.75, 3.05) is 0 Å². The number of rotatable bonds is 2. The van der Waals surface area contributed by atoms with Crippen molar-refractivity contribution in [3.63, 3.8) is 0 Å². The molecule has 4 atom stereocenters. The standard InChI is InChI=1S/C8H8O5/c9-7(10)5-3-1-2-4(13-3)6(5)8(11)12/h1-6H,(H,9,10)(H,11,12)/p-2. The summed E-state index contributed by atoms with van der Waals surface area (Å²) in [5, 5.41) is 21.2. The van der Waals surface area contributed by atoms with Crippen LogP contribution in [0.4, 0.5) is 0 Å². The van der Waals surface area contributed by atoms with Crippen LogP contribution in [0.3, 0.4) is 0 Å². The molecule has 0 aliphatic carbocycles. The summed E-state index contributed by atoms with van der Waals surface area (Å²) >= 11 is 0. The monoisotopic (exact) mass is 182 g/mol. The maximum absolute atomic E-state index is 10.6. The highest BCUT2D eigenvalue weighted by molar-refractivity contribution is 5.81. The van der Waals surface area contributed by atoms with Gasteiger partial charge in [0.2, 0.25) is 0 Å². The molecule has 4 unspecified atom stereocenters. The lowest BCUT2D eigenvalue weighted by Gasteiger charge is -2.26. The molecule has 2 aliphatic heterocycles. The minimum absolute atomic E-state index is 0.669. The van der Waals surface area contributed by atoms with Crippen LogP contribution in [-0.2, 0) is 14.3 Å². The minimum atomic E-state index is -1.40. The summed E-state index contributed by atoms with van der Waals surface area (Å²) in [6.45, 7) is 0. The Morgan fingerprint density at radius 3 is 1.69 bits per heavy atom. The van der Waals surface area contributed by atoms with E-state index < -0.39 is 36.0 Å². The van der Waals surface area contributed by atoms with E-state index in [1.807, 2.05) is 0 Å². The van der Waals surface area contributed by atoms with Gasteiger partial charge in [0.05, 0.1) is 12.2 Å². The lowest BCUT2D eigenvalue weighted by Crippen LogP contribution is -2.47. The van der Waals surface area contributed by atoms with Gasteiger partial charge >= 0.3 is 0 Å². The van der Waals surface area contributed by atoms with Gasteiger partial charge in [-0.05, 0) is 0 Å². The van der Waals surface area contributed by atoms with Gasteiger partial charge in [0, 0.05) is 23.8 Å². The van der Waals surface area contributed by atoms with Crippen LogP contribution in [0.25, 0.3) is 0 Å². The summed E-state index contributed by atoms with van der Waals surface area (Å²) < 4.78 is 5.07. The van der Waals surface area contributed by atoms with Gasteiger partial charge in [0.25, 0.3) is 0 Å². The number of carboxylic acid groups (broad SMARTS) is 2. The van der Waals surface area contributed by atoms with Gasteiger partial charge < -0.3 is 24.5 Å². The topological polar surface area (TPSA) is 89.5 Å². The molecule has 70 valence electrons. The first-order valence-electron chi connectivity index (χ1n) is 3.87. The molecule has 2 aliphatic rings. The van der Waals surface area contributed by atoms with Crippen LogP contribution >= 0.6 is 0 Å². The zero-order chi connectivity index (χ0) is 9.59. The number of hydrogen-bond donors (Lipinski definition) is 0. The predicted octanol–water partition coefficient (Wildman–Crippen LogP) is -2.94. The molecule has 2 bridgehead atoms. The van der Waals surface area contributed by atoms with Gasteiger partial charge in [-0.25, -0.2) is 0 Å². The number of carbonyl (C=O) groups excluding carboxylic acids is 2. The van der Waals surface area contributed by atoms with Crippen LogP contribution in [0, 0.1) is 11.8 Å². The van der Waals surface area contributed by atoms with E-state index in [2.05, 4.69) is 0 Å². The molecule has 0 N–H and O–H groups in total. The van der Waals surface area contributed by atoms with Crippen LogP contribution in [-0.4, -0.2) is 24.1 Å². The molecule has 0 amide bonds. The van der Waals surface area contributed by atoms with Gasteiger partial charge in [0.1, 0.15) is 0 Å². The third-order valence-corrected chi connectivity index (χ3v) is 2.44. The summed E-state index contributed by atoms with van der Waals surface area (Å²) in [4.78, 5) is 21.2. The van der Waals surface area contributed by atoms with Crippen molar-refractivity contribution in [2.45, 2.75) is 12.2 Å². The van der Waals surface area contributed by atoms with E-state index in [-0.39, 0.29) is 0 Å². The third kappa shape index (κ3) is 1.04. The van der Waals surface area contributed by atoms with Crippen LogP contribution < -0.4 is 10.2 Å². The lowest BCUT2D eigenvalue weighted by molar-refractivity contribution is -0.325. The average Bonchev–Trinajstić information content (AvgIpc) is 2.60. The van der Waals surface area contributed by atoms with E-state index >= 15 is 0 Å². The number of fused-ring (bicyclic) bond motifs is 2. The summed E-state index contributed by atoms with van der Waals surface area (Å²) in [5.74, 6) is -5.02. The molecule has 2 heterocycles. The first-order valence-corrected chi connectivity index (χ1v) is 3.87. The minimum Gasteiger partial charge on any atom is -0.550 e. The highest BCUT2D eigenvalue weighted by atomic mass is 16.5. The summed E-state index contributed by atoms with van der Waals surface area (Å²) in [5.41, 5.74) is 0. The van der Waals surface area contributed by atoms with E-state index in [1.54, 1.807) is 12.2 Å². The van der Waals surface area contributed by atoms with Gasteiger partial charge in [-0.2, -0.15) is 0 Å². The van der Waals surface area contributed by atoms with E-state index in [9.17, 15) is 19.8 Å². The van der Waals surface area contributed by atoms with Crippen LogP contribution in [0.15, 0.2) is 12.2 Å². The molecule has 5 nitrogen and oxygen atoms in total. The number of carbonyl (C=O) groups is 2. The number of aliphatic carboxylic acids is 2. The Kier molecular flexibility index (Phi) is 1.63. The van der Waals surface area contributed by atoms with Crippen LogP contribution in [0.2, 0.25) is 0 Å². The summed E-state index contributed by atoms with van der Waals surface area (Å²) in [6, 6.07) is 0. The maximum atomic E-state index is 10.6. The van der Waals surface area contributed by atoms with Crippen LogP contribution in [0.1, 0.15) is 0 Å². The Hall–Kier alpha value is -1.36. The lowest BCUT2D eigenvalue weighted by atomic mass is 9.83. The number of hydrogen-bond acceptors (Lipinski definition) is 5. The smallest absolute Gasteiger partial charge is 0.0852 e.